The minimum atomic E-state index is -3.27. The number of nitrogens with one attached hydrogen (secondary N) is 2. The zero-order valence-electron chi connectivity index (χ0n) is 10.8. The third-order valence-corrected chi connectivity index (χ3v) is 3.33. The van der Waals surface area contributed by atoms with Gasteiger partial charge in [-0.15, -0.1) is 0 Å². The van der Waals surface area contributed by atoms with Gasteiger partial charge in [0.05, 0.1) is 22.7 Å². The smallest absolute Gasteiger partial charge is 0.229 e. The molecule has 0 saturated heterocycles. The summed E-state index contributed by atoms with van der Waals surface area (Å²) in [6, 6.07) is 5.31. The molecule has 0 heterocycles. The minimum Gasteiger partial charge on any atom is -0.381 e. The second-order valence-corrected chi connectivity index (χ2v) is 6.56. The number of anilines is 2. The Bertz CT molecular complexity index is 503. The molecule has 0 saturated carbocycles. The number of halogens is 1. The van der Waals surface area contributed by atoms with Gasteiger partial charge in [0.25, 0.3) is 0 Å². The normalized spacial score (nSPS) is 13.1. The molecule has 0 aliphatic rings. The first-order valence-electron chi connectivity index (χ1n) is 5.85. The Morgan fingerprint density at radius 3 is 2.61 bits per heavy atom. The number of sulfonamides is 1. The van der Waals surface area contributed by atoms with Crippen LogP contribution in [-0.4, -0.2) is 20.7 Å². The quantitative estimate of drug-likeness (QED) is 0.845. The van der Waals surface area contributed by atoms with E-state index in [4.69, 9.17) is 11.6 Å². The molecule has 0 radical (unpaired) electrons. The van der Waals surface area contributed by atoms with Crippen LogP contribution in [0.4, 0.5) is 11.4 Å². The first kappa shape index (κ1) is 15.1. The van der Waals surface area contributed by atoms with E-state index in [1.165, 1.54) is 0 Å². The fourth-order valence-corrected chi connectivity index (χ4v) is 2.41. The van der Waals surface area contributed by atoms with Gasteiger partial charge in [0.15, 0.2) is 0 Å². The van der Waals surface area contributed by atoms with E-state index in [-0.39, 0.29) is 0 Å². The maximum atomic E-state index is 11.2. The molecule has 4 nitrogen and oxygen atoms in total. The third kappa shape index (κ3) is 5.14. The van der Waals surface area contributed by atoms with Crippen LogP contribution in [0.15, 0.2) is 18.2 Å². The van der Waals surface area contributed by atoms with E-state index >= 15 is 0 Å². The van der Waals surface area contributed by atoms with Gasteiger partial charge in [-0.3, -0.25) is 4.72 Å². The summed E-state index contributed by atoms with van der Waals surface area (Å²) in [5, 5.41) is 3.85. The maximum absolute atomic E-state index is 11.2. The molecule has 2 N–H and O–H groups in total. The molecule has 6 heteroatoms. The van der Waals surface area contributed by atoms with Crippen molar-refractivity contribution in [3.63, 3.8) is 0 Å². The Hall–Kier alpha value is -0.940. The lowest BCUT2D eigenvalue weighted by Crippen LogP contribution is -2.15. The van der Waals surface area contributed by atoms with Crippen LogP contribution >= 0.6 is 11.6 Å². The lowest BCUT2D eigenvalue weighted by atomic mass is 10.2. The van der Waals surface area contributed by atoms with Crippen molar-refractivity contribution < 1.29 is 8.42 Å². The third-order valence-electron chi connectivity index (χ3n) is 2.39. The van der Waals surface area contributed by atoms with Crippen molar-refractivity contribution in [2.75, 3.05) is 16.3 Å². The van der Waals surface area contributed by atoms with Crippen molar-refractivity contribution in [3.8, 4) is 0 Å². The molecule has 0 amide bonds. The SMILES string of the molecule is CCCC(C)Nc1cc(NS(C)(=O)=O)ccc1Cl. The van der Waals surface area contributed by atoms with Crippen molar-refractivity contribution in [2.45, 2.75) is 32.7 Å². The van der Waals surface area contributed by atoms with Gasteiger partial charge in [0, 0.05) is 6.04 Å². The Labute approximate surface area is 114 Å². The summed E-state index contributed by atoms with van der Waals surface area (Å²) < 4.78 is 24.7. The Kier molecular flexibility index (Phi) is 5.28. The van der Waals surface area contributed by atoms with E-state index < -0.39 is 10.0 Å². The number of hydrogen-bond acceptors (Lipinski definition) is 3. The fraction of sp³-hybridized carbons (Fsp3) is 0.500. The molecule has 0 bridgehead atoms. The molecule has 102 valence electrons. The van der Waals surface area contributed by atoms with Crippen LogP contribution in [0.25, 0.3) is 0 Å². The predicted molar refractivity (Wildman–Crippen MR) is 77.9 cm³/mol. The van der Waals surface area contributed by atoms with Crippen LogP contribution in [0, 0.1) is 0 Å². The molecule has 0 spiro atoms. The Morgan fingerprint density at radius 1 is 1.39 bits per heavy atom. The van der Waals surface area contributed by atoms with Gasteiger partial charge in [-0.1, -0.05) is 24.9 Å². The highest BCUT2D eigenvalue weighted by Gasteiger charge is 2.08. The highest BCUT2D eigenvalue weighted by Crippen LogP contribution is 2.27. The van der Waals surface area contributed by atoms with E-state index in [0.29, 0.717) is 16.8 Å². The van der Waals surface area contributed by atoms with Crippen LogP contribution in [0.2, 0.25) is 5.02 Å². The van der Waals surface area contributed by atoms with Crippen LogP contribution < -0.4 is 10.0 Å². The minimum absolute atomic E-state index is 0.293. The molecule has 18 heavy (non-hydrogen) atoms. The summed E-state index contributed by atoms with van der Waals surface area (Å²) in [7, 11) is -3.27. The Morgan fingerprint density at radius 2 is 2.06 bits per heavy atom. The van der Waals surface area contributed by atoms with Gasteiger partial charge in [0.2, 0.25) is 10.0 Å². The molecule has 1 aromatic rings. The average Bonchev–Trinajstić information content (AvgIpc) is 2.21. The van der Waals surface area contributed by atoms with Crippen molar-refractivity contribution in [3.05, 3.63) is 23.2 Å². The lowest BCUT2D eigenvalue weighted by Gasteiger charge is -2.16. The summed E-state index contributed by atoms with van der Waals surface area (Å²) in [5.41, 5.74) is 1.25. The second kappa shape index (κ2) is 6.29. The van der Waals surface area contributed by atoms with E-state index in [0.717, 1.165) is 24.8 Å². The summed E-state index contributed by atoms with van der Waals surface area (Å²) in [4.78, 5) is 0. The zero-order chi connectivity index (χ0) is 13.8. The molecule has 1 atom stereocenters. The van der Waals surface area contributed by atoms with Crippen molar-refractivity contribution in [1.29, 1.82) is 0 Å². The van der Waals surface area contributed by atoms with Crippen LogP contribution in [0.1, 0.15) is 26.7 Å². The maximum Gasteiger partial charge on any atom is 0.229 e. The van der Waals surface area contributed by atoms with E-state index in [1.54, 1.807) is 18.2 Å². The average molecular weight is 291 g/mol. The van der Waals surface area contributed by atoms with Crippen LogP contribution in [0.5, 0.6) is 0 Å². The van der Waals surface area contributed by atoms with E-state index in [2.05, 4.69) is 23.9 Å². The molecule has 0 aliphatic heterocycles. The summed E-state index contributed by atoms with van der Waals surface area (Å²) in [6.07, 6.45) is 3.22. The highest BCUT2D eigenvalue weighted by atomic mass is 35.5. The molecule has 1 unspecified atom stereocenters. The van der Waals surface area contributed by atoms with Crippen LogP contribution in [0.3, 0.4) is 0 Å². The van der Waals surface area contributed by atoms with Crippen molar-refractivity contribution in [1.82, 2.24) is 0 Å². The van der Waals surface area contributed by atoms with Gasteiger partial charge in [-0.2, -0.15) is 0 Å². The molecule has 0 fully saturated rings. The number of rotatable bonds is 6. The monoisotopic (exact) mass is 290 g/mol. The number of hydrogen-bond donors (Lipinski definition) is 2. The molecular weight excluding hydrogens is 272 g/mol. The van der Waals surface area contributed by atoms with Gasteiger partial charge >= 0.3 is 0 Å². The van der Waals surface area contributed by atoms with Crippen LogP contribution in [-0.2, 0) is 10.0 Å². The van der Waals surface area contributed by atoms with Crippen molar-refractivity contribution >= 4 is 33.0 Å². The summed E-state index contributed by atoms with van der Waals surface area (Å²) in [5.74, 6) is 0. The topological polar surface area (TPSA) is 58.2 Å². The molecule has 1 aromatic carbocycles. The molecular formula is C12H19ClN2O2S. The van der Waals surface area contributed by atoms with Crippen molar-refractivity contribution in [2.24, 2.45) is 0 Å². The first-order chi connectivity index (χ1) is 8.31. The summed E-state index contributed by atoms with van der Waals surface area (Å²) >= 11 is 6.07. The summed E-state index contributed by atoms with van der Waals surface area (Å²) in [6.45, 7) is 4.18. The molecule has 0 aliphatic carbocycles. The lowest BCUT2D eigenvalue weighted by molar-refractivity contribution is 0.607. The zero-order valence-corrected chi connectivity index (χ0v) is 12.4. The van der Waals surface area contributed by atoms with Gasteiger partial charge in [0.1, 0.15) is 0 Å². The molecule has 1 rings (SSSR count). The standard InChI is InChI=1S/C12H19ClN2O2S/c1-4-5-9(2)14-12-8-10(6-7-11(12)13)15-18(3,16)17/h6-9,14-15H,4-5H2,1-3H3. The van der Waals surface area contributed by atoms with E-state index in [9.17, 15) is 8.42 Å². The number of benzene rings is 1. The van der Waals surface area contributed by atoms with Gasteiger partial charge in [-0.25, -0.2) is 8.42 Å². The van der Waals surface area contributed by atoms with Gasteiger partial charge < -0.3 is 5.32 Å². The predicted octanol–water partition coefficient (Wildman–Crippen LogP) is 3.31. The Balaban J connectivity index is 2.87. The molecule has 0 aromatic heterocycles. The largest absolute Gasteiger partial charge is 0.381 e. The fourth-order valence-electron chi connectivity index (χ4n) is 1.68. The second-order valence-electron chi connectivity index (χ2n) is 4.40. The first-order valence-corrected chi connectivity index (χ1v) is 8.12. The highest BCUT2D eigenvalue weighted by molar-refractivity contribution is 7.92. The van der Waals surface area contributed by atoms with Gasteiger partial charge in [-0.05, 0) is 31.5 Å². The van der Waals surface area contributed by atoms with E-state index in [1.807, 2.05) is 0 Å².